The number of rotatable bonds is 21. The van der Waals surface area contributed by atoms with Crippen LogP contribution in [0.15, 0.2) is 96.7 Å². The minimum Gasteiger partial charge on any atom is -0.507 e. The maximum atomic E-state index is 12.6. The van der Waals surface area contributed by atoms with Crippen LogP contribution in [-0.2, 0) is 30.4 Å². The molecular formula is C74H91N5O9. The Morgan fingerprint density at radius 1 is 0.784 bits per heavy atom. The van der Waals surface area contributed by atoms with Gasteiger partial charge in [0.2, 0.25) is 0 Å². The van der Waals surface area contributed by atoms with Crippen LogP contribution in [0.2, 0.25) is 0 Å². The van der Waals surface area contributed by atoms with E-state index in [0.29, 0.717) is 69.1 Å². The average molecular weight is 1190 g/mol. The van der Waals surface area contributed by atoms with Crippen molar-refractivity contribution in [2.45, 2.75) is 183 Å². The summed E-state index contributed by atoms with van der Waals surface area (Å²) >= 11 is 0. The molecule has 88 heavy (non-hydrogen) atoms. The van der Waals surface area contributed by atoms with Crippen molar-refractivity contribution in [3.8, 4) is 51.7 Å². The van der Waals surface area contributed by atoms with Gasteiger partial charge in [0.1, 0.15) is 41.1 Å². The van der Waals surface area contributed by atoms with Gasteiger partial charge in [-0.2, -0.15) is 0 Å². The van der Waals surface area contributed by atoms with Gasteiger partial charge in [-0.3, -0.25) is 10.6 Å². The fourth-order valence-corrected chi connectivity index (χ4v) is 16.3. The highest BCUT2D eigenvalue weighted by molar-refractivity contribution is 5.90. The Hall–Kier alpha value is -6.38. The summed E-state index contributed by atoms with van der Waals surface area (Å²) in [6, 6.07) is 28.4. The molecule has 0 spiro atoms. The fraction of sp³-hybridized carbons (Fsp3) is 0.514. The van der Waals surface area contributed by atoms with Gasteiger partial charge in [-0.15, -0.1) is 0 Å². The van der Waals surface area contributed by atoms with Gasteiger partial charge in [-0.25, -0.2) is 0 Å². The third-order valence-electron chi connectivity index (χ3n) is 20.6. The first-order chi connectivity index (χ1) is 43.0. The van der Waals surface area contributed by atoms with E-state index in [2.05, 4.69) is 119 Å². The molecule has 0 amide bonds. The van der Waals surface area contributed by atoms with Crippen LogP contribution in [0.5, 0.6) is 28.7 Å². The second-order valence-corrected chi connectivity index (χ2v) is 26.9. The van der Waals surface area contributed by atoms with E-state index in [1.807, 2.05) is 24.4 Å². The van der Waals surface area contributed by atoms with Crippen LogP contribution in [-0.4, -0.2) is 112 Å². The number of aryl methyl sites for hydroxylation is 1. The molecule has 0 saturated heterocycles. The quantitative estimate of drug-likeness (QED) is 0.0186. The monoisotopic (exact) mass is 1190 g/mol. The predicted octanol–water partition coefficient (Wildman–Crippen LogP) is 11.3. The van der Waals surface area contributed by atoms with Crippen molar-refractivity contribution in [1.82, 2.24) is 26.3 Å². The third kappa shape index (κ3) is 12.2. The van der Waals surface area contributed by atoms with Crippen LogP contribution in [0.1, 0.15) is 166 Å². The van der Waals surface area contributed by atoms with Gasteiger partial charge in [-0.05, 0) is 175 Å². The lowest BCUT2D eigenvalue weighted by atomic mass is 9.62. The van der Waals surface area contributed by atoms with Crippen LogP contribution in [0.3, 0.4) is 0 Å². The minimum absolute atomic E-state index is 0.0608. The highest BCUT2D eigenvalue weighted by atomic mass is 16.6. The zero-order valence-electron chi connectivity index (χ0n) is 51.5. The van der Waals surface area contributed by atoms with Crippen molar-refractivity contribution < 1.29 is 44.5 Å². The number of aromatic nitrogens is 1. The van der Waals surface area contributed by atoms with Crippen LogP contribution >= 0.6 is 0 Å². The number of aromatic hydroxyl groups is 2. The van der Waals surface area contributed by atoms with Gasteiger partial charge in [0.05, 0.1) is 25.5 Å². The van der Waals surface area contributed by atoms with Gasteiger partial charge in [-0.1, -0.05) is 113 Å². The van der Waals surface area contributed by atoms with Crippen molar-refractivity contribution >= 4 is 17.0 Å². The summed E-state index contributed by atoms with van der Waals surface area (Å²) in [6.07, 6.45) is 18.2. The molecule has 5 aromatic carbocycles. The Morgan fingerprint density at radius 2 is 1.58 bits per heavy atom. The minimum atomic E-state index is -1.28. The second-order valence-electron chi connectivity index (χ2n) is 26.9. The molecule has 7 aliphatic rings. The summed E-state index contributed by atoms with van der Waals surface area (Å²) in [4.78, 5) is 3.43. The lowest BCUT2D eigenvalue weighted by molar-refractivity contribution is -0.144. The van der Waals surface area contributed by atoms with E-state index in [4.69, 9.17) is 18.9 Å². The molecule has 8 atom stereocenters. The molecule has 2 saturated carbocycles. The normalized spacial score (nSPS) is 24.8. The van der Waals surface area contributed by atoms with E-state index < -0.39 is 35.6 Å². The van der Waals surface area contributed by atoms with Crippen LogP contribution < -0.4 is 35.5 Å². The summed E-state index contributed by atoms with van der Waals surface area (Å²) in [7, 11) is 0. The smallest absolute Gasteiger partial charge is 0.161 e. The van der Waals surface area contributed by atoms with Crippen LogP contribution in [0, 0.1) is 23.7 Å². The molecule has 8 unspecified atom stereocenters. The number of aliphatic hydroxyl groups excluding tert-OH is 2. The molecule has 2 bridgehead atoms. The van der Waals surface area contributed by atoms with Crippen molar-refractivity contribution in [3.05, 3.63) is 141 Å². The van der Waals surface area contributed by atoms with Crippen LogP contribution in [0.4, 0.5) is 0 Å². The maximum Gasteiger partial charge on any atom is 0.161 e. The summed E-state index contributed by atoms with van der Waals surface area (Å²) in [5.74, 6) is 9.27. The highest BCUT2D eigenvalue weighted by Gasteiger charge is 2.55. The second kappa shape index (κ2) is 26.6. The van der Waals surface area contributed by atoms with Gasteiger partial charge in [0, 0.05) is 78.5 Å². The molecular weight excluding hydrogens is 1100 g/mol. The molecule has 14 nitrogen and oxygen atoms in total. The van der Waals surface area contributed by atoms with E-state index in [1.165, 1.54) is 29.5 Å². The first-order valence-electron chi connectivity index (χ1n) is 33.2. The zero-order valence-corrected chi connectivity index (χ0v) is 51.5. The fourth-order valence-electron chi connectivity index (χ4n) is 16.3. The molecule has 1 aromatic heterocycles. The molecule has 0 radical (unpaired) electrons. The van der Waals surface area contributed by atoms with E-state index in [0.717, 1.165) is 126 Å². The number of hydrogen-bond acceptors (Lipinski definition) is 13. The average Bonchev–Trinajstić information content (AvgIpc) is 0.721. The molecule has 466 valence electrons. The van der Waals surface area contributed by atoms with Gasteiger partial charge >= 0.3 is 0 Å². The Morgan fingerprint density at radius 3 is 2.39 bits per heavy atom. The van der Waals surface area contributed by atoms with Crippen molar-refractivity contribution in [3.63, 3.8) is 0 Å². The van der Waals surface area contributed by atoms with Crippen LogP contribution in [0.25, 0.3) is 28.1 Å². The van der Waals surface area contributed by atoms with Gasteiger partial charge in [0.15, 0.2) is 17.6 Å². The largest absolute Gasteiger partial charge is 0.507 e. The lowest BCUT2D eigenvalue weighted by Crippen LogP contribution is -2.62. The molecule has 3 aliphatic heterocycles. The molecule has 6 aromatic rings. The highest BCUT2D eigenvalue weighted by Crippen LogP contribution is 2.62. The van der Waals surface area contributed by atoms with E-state index in [-0.39, 0.29) is 67.4 Å². The van der Waals surface area contributed by atoms with E-state index >= 15 is 0 Å². The summed E-state index contributed by atoms with van der Waals surface area (Å²) < 4.78 is 29.2. The predicted molar refractivity (Wildman–Crippen MR) is 345 cm³/mol. The molecule has 14 heteroatoms. The molecule has 4 aliphatic carbocycles. The van der Waals surface area contributed by atoms with Crippen molar-refractivity contribution in [1.29, 1.82) is 0 Å². The summed E-state index contributed by atoms with van der Waals surface area (Å²) in [5.41, 5.74) is 10.2. The number of aliphatic hydroxyl groups is 3. The Labute approximate surface area is 519 Å². The maximum absolute atomic E-state index is 12.6. The van der Waals surface area contributed by atoms with E-state index in [9.17, 15) is 25.5 Å². The van der Waals surface area contributed by atoms with Gasteiger partial charge in [0.25, 0.3) is 0 Å². The number of benzene rings is 5. The molecule has 10 N–H and O–H groups in total. The number of phenolic OH excluding ortho intramolecular Hbond substituents is 2. The van der Waals surface area contributed by atoms with Gasteiger partial charge < -0.3 is 60.1 Å². The summed E-state index contributed by atoms with van der Waals surface area (Å²) in [5, 5.41) is 74.5. The number of hydrogen-bond donors (Lipinski definition) is 10. The SMILES string of the molecule is CC(C)CC(O)(CNCNC1C#CCC(CO)Oc2cc(ccc2O)C2Oc3c(c4c(c5c3CCC(CO)O5)-c3ccc(O)c5c3C(C4)C(c3ccc4[nH]ccc4c3)C(CNCCCc3ccccc3)=C5)CC12OCNC1CCCCC1)C1CCCCC1. The van der Waals surface area contributed by atoms with E-state index in [1.54, 1.807) is 6.07 Å². The zero-order chi connectivity index (χ0) is 60.4. The molecule has 13 rings (SSSR count). The first kappa shape index (κ1) is 60.5. The number of H-pyrrole nitrogens is 1. The topological polar surface area (TPSA) is 202 Å². The van der Waals surface area contributed by atoms with Crippen molar-refractivity contribution in [2.24, 2.45) is 11.8 Å². The molecule has 4 heterocycles. The molecule has 2 fully saturated rings. The third-order valence-corrected chi connectivity index (χ3v) is 20.6. The number of aromatic amines is 1. The Bertz CT molecular complexity index is 3520. The standard InChI is InChI=1S/C74H91N5O9/c1-46(2)38-73(84,52-17-8-4-9-18-52)43-76-44-78-66-22-12-21-54(41-80)86-65-36-50(24-29-64(65)83)72-74(66,85-45-79-53-19-10-5-11-20-53)39-61-58-37-60-67(49-23-28-62-48(34-49)31-33-77-62)51(40-75-32-13-16-47-14-6-3-7-15-47)35-59-63(82)30-27-56(68(59)60)69(58)71-57(70(61)88-72)26-25-55(42-81)87-71/h3,6-7,14-15,23-24,27-31,33-36,46,52-55,60,66-67,72,75-84H,4-5,8-11,13,16-21,25-26,32,37-45H2,1-2H3. The number of nitrogens with one attached hydrogen (secondary N) is 5. The number of fused-ring (bicyclic) bond motifs is 12. The van der Waals surface area contributed by atoms with Crippen molar-refractivity contribution in [2.75, 3.05) is 46.2 Å². The number of phenols is 2. The number of ether oxygens (including phenoxy) is 4. The first-order valence-corrected chi connectivity index (χ1v) is 33.2. The lowest BCUT2D eigenvalue weighted by Gasteiger charge is -2.50. The summed E-state index contributed by atoms with van der Waals surface area (Å²) in [6.45, 7) is 6.30. The Kier molecular flexibility index (Phi) is 18.3. The Balaban J connectivity index is 0.965.